The number of rotatable bonds is 5. The molecule has 0 spiro atoms. The van der Waals surface area contributed by atoms with Gasteiger partial charge in [0.25, 0.3) is 0 Å². The van der Waals surface area contributed by atoms with Crippen LogP contribution in [0.2, 0.25) is 0 Å². The molecular weight excluding hydrogens is 188 g/mol. The largest absolute Gasteiger partial charge is 0.466 e. The van der Waals surface area contributed by atoms with E-state index in [1.807, 2.05) is 13.8 Å². The van der Waals surface area contributed by atoms with Crippen molar-refractivity contribution in [3.8, 4) is 12.3 Å². The quantitative estimate of drug-likeness (QED) is 0.389. The number of carbonyl (C=O) groups excluding carboxylic acids is 1. The molecule has 0 aliphatic carbocycles. The first-order valence-electron chi connectivity index (χ1n) is 4.24. The molecule has 74 valence electrons. The van der Waals surface area contributed by atoms with E-state index in [0.717, 1.165) is 0 Å². The van der Waals surface area contributed by atoms with Crippen molar-refractivity contribution in [3.05, 3.63) is 0 Å². The van der Waals surface area contributed by atoms with Gasteiger partial charge >= 0.3 is 5.97 Å². The van der Waals surface area contributed by atoms with Crippen LogP contribution in [0.1, 0.15) is 33.1 Å². The Hall–Kier alpha value is -0.680. The summed E-state index contributed by atoms with van der Waals surface area (Å²) in [5, 5.41) is 0. The molecule has 0 heterocycles. The van der Waals surface area contributed by atoms with Crippen molar-refractivity contribution in [1.82, 2.24) is 0 Å². The third-order valence-corrected chi connectivity index (χ3v) is 1.62. The summed E-state index contributed by atoms with van der Waals surface area (Å²) in [4.78, 5) is 10.6. The lowest BCUT2D eigenvalue weighted by Gasteiger charge is -2.14. The zero-order valence-corrected chi connectivity index (χ0v) is 8.86. The Balaban J connectivity index is 3.44. The van der Waals surface area contributed by atoms with Gasteiger partial charge in [0.1, 0.15) is 0 Å². The van der Waals surface area contributed by atoms with Gasteiger partial charge in [0.2, 0.25) is 0 Å². The number of esters is 1. The van der Waals surface area contributed by atoms with E-state index < -0.39 is 0 Å². The minimum absolute atomic E-state index is 0.251. The van der Waals surface area contributed by atoms with Gasteiger partial charge in [0.05, 0.1) is 13.0 Å². The lowest BCUT2D eigenvalue weighted by atomic mass is 10.1. The van der Waals surface area contributed by atoms with E-state index in [1.165, 1.54) is 0 Å². The molecule has 0 atom stereocenters. The topological polar surface area (TPSA) is 26.3 Å². The van der Waals surface area contributed by atoms with Crippen LogP contribution in [0.3, 0.4) is 0 Å². The van der Waals surface area contributed by atoms with Gasteiger partial charge in [-0.05, 0) is 13.8 Å². The second-order valence-electron chi connectivity index (χ2n) is 3.39. The highest BCUT2D eigenvalue weighted by atomic mass is 35.5. The van der Waals surface area contributed by atoms with E-state index in [9.17, 15) is 4.79 Å². The molecule has 0 saturated carbocycles. The van der Waals surface area contributed by atoms with E-state index in [4.69, 9.17) is 22.8 Å². The Morgan fingerprint density at radius 3 is 2.69 bits per heavy atom. The van der Waals surface area contributed by atoms with E-state index >= 15 is 0 Å². The summed E-state index contributed by atoms with van der Waals surface area (Å²) in [6.07, 6.45) is 6.37. The standard InChI is InChI=1S/C10H15ClO2/c1-4-5-6-9(12)13-8-7-10(2,3)11/h1H,5-8H2,2-3H3. The predicted molar refractivity (Wildman–Crippen MR) is 53.6 cm³/mol. The summed E-state index contributed by atoms with van der Waals surface area (Å²) < 4.78 is 4.90. The van der Waals surface area contributed by atoms with E-state index in [0.29, 0.717) is 25.9 Å². The third kappa shape index (κ3) is 9.23. The van der Waals surface area contributed by atoms with E-state index in [-0.39, 0.29) is 10.8 Å². The van der Waals surface area contributed by atoms with Crippen molar-refractivity contribution >= 4 is 17.6 Å². The molecule has 3 heteroatoms. The molecule has 0 unspecified atom stereocenters. The number of carbonyl (C=O) groups is 1. The van der Waals surface area contributed by atoms with Crippen molar-refractivity contribution in [3.63, 3.8) is 0 Å². The van der Waals surface area contributed by atoms with Crippen LogP contribution in [-0.2, 0) is 9.53 Å². The minimum Gasteiger partial charge on any atom is -0.466 e. The molecule has 0 bridgehead atoms. The summed E-state index contributed by atoms with van der Waals surface area (Å²) in [6, 6.07) is 0. The van der Waals surface area contributed by atoms with Gasteiger partial charge in [-0.15, -0.1) is 23.9 Å². The third-order valence-electron chi connectivity index (χ3n) is 1.43. The van der Waals surface area contributed by atoms with Crippen LogP contribution in [0.5, 0.6) is 0 Å². The maximum atomic E-state index is 10.9. The normalized spacial score (nSPS) is 10.6. The van der Waals surface area contributed by atoms with Gasteiger partial charge in [-0.25, -0.2) is 0 Å². The van der Waals surface area contributed by atoms with Gasteiger partial charge in [0, 0.05) is 17.7 Å². The Morgan fingerprint density at radius 2 is 2.23 bits per heavy atom. The van der Waals surface area contributed by atoms with Crippen LogP contribution < -0.4 is 0 Å². The highest BCUT2D eigenvalue weighted by Crippen LogP contribution is 2.17. The SMILES string of the molecule is C#CCCC(=O)OCCC(C)(C)Cl. The first-order chi connectivity index (χ1) is 5.95. The number of ether oxygens (including phenoxy) is 1. The van der Waals surface area contributed by atoms with Gasteiger partial charge < -0.3 is 4.74 Å². The zero-order chi connectivity index (χ0) is 10.3. The van der Waals surface area contributed by atoms with Crippen LogP contribution in [-0.4, -0.2) is 17.5 Å². The molecule has 0 aliphatic rings. The average Bonchev–Trinajstić information content (AvgIpc) is 1.98. The molecule has 0 aromatic carbocycles. The fourth-order valence-corrected chi connectivity index (χ4v) is 0.731. The molecule has 13 heavy (non-hydrogen) atoms. The molecule has 0 radical (unpaired) electrons. The second kappa shape index (κ2) is 5.88. The van der Waals surface area contributed by atoms with E-state index in [1.54, 1.807) is 0 Å². The number of hydrogen-bond donors (Lipinski definition) is 0. The summed E-state index contributed by atoms with van der Waals surface area (Å²) >= 11 is 5.90. The molecular formula is C10H15ClO2. The van der Waals surface area contributed by atoms with Crippen molar-refractivity contribution in [2.75, 3.05) is 6.61 Å². The second-order valence-corrected chi connectivity index (χ2v) is 4.42. The maximum Gasteiger partial charge on any atom is 0.306 e. The Labute approximate surface area is 84.6 Å². The summed E-state index contributed by atoms with van der Waals surface area (Å²) in [7, 11) is 0. The first-order valence-corrected chi connectivity index (χ1v) is 4.61. The van der Waals surface area contributed by atoms with Crippen molar-refractivity contribution in [1.29, 1.82) is 0 Å². The fraction of sp³-hybridized carbons (Fsp3) is 0.700. The highest BCUT2D eigenvalue weighted by molar-refractivity contribution is 6.23. The van der Waals surface area contributed by atoms with Crippen molar-refractivity contribution in [2.45, 2.75) is 38.0 Å². The lowest BCUT2D eigenvalue weighted by Crippen LogP contribution is -2.15. The average molecular weight is 203 g/mol. The smallest absolute Gasteiger partial charge is 0.306 e. The molecule has 0 rings (SSSR count). The first kappa shape index (κ1) is 12.3. The molecule has 0 fully saturated rings. The van der Waals surface area contributed by atoms with Crippen molar-refractivity contribution in [2.24, 2.45) is 0 Å². The Kier molecular flexibility index (Phi) is 5.57. The van der Waals surface area contributed by atoms with Crippen LogP contribution in [0, 0.1) is 12.3 Å². The summed E-state index contributed by atoms with van der Waals surface area (Å²) in [6.45, 7) is 4.12. The molecule has 0 aromatic rings. The van der Waals surface area contributed by atoms with Gasteiger partial charge in [-0.2, -0.15) is 0 Å². The fourth-order valence-electron chi connectivity index (χ4n) is 0.654. The number of hydrogen-bond acceptors (Lipinski definition) is 2. The maximum absolute atomic E-state index is 10.9. The molecule has 0 aromatic heterocycles. The monoisotopic (exact) mass is 202 g/mol. The van der Waals surface area contributed by atoms with Crippen LogP contribution in [0.15, 0.2) is 0 Å². The molecule has 0 saturated heterocycles. The summed E-state index contributed by atoms with van der Waals surface area (Å²) in [5.74, 6) is 2.13. The number of terminal acetylenes is 1. The van der Waals surface area contributed by atoms with Gasteiger partial charge in [-0.1, -0.05) is 0 Å². The summed E-state index contributed by atoms with van der Waals surface area (Å²) in [5.41, 5.74) is 0. The Bertz CT molecular complexity index is 198. The van der Waals surface area contributed by atoms with Gasteiger partial charge in [-0.3, -0.25) is 4.79 Å². The molecule has 2 nitrogen and oxygen atoms in total. The van der Waals surface area contributed by atoms with Crippen LogP contribution >= 0.6 is 11.6 Å². The van der Waals surface area contributed by atoms with Crippen LogP contribution in [0.25, 0.3) is 0 Å². The molecule has 0 amide bonds. The number of alkyl halides is 1. The van der Waals surface area contributed by atoms with Crippen LogP contribution in [0.4, 0.5) is 0 Å². The minimum atomic E-state index is -0.313. The Morgan fingerprint density at radius 1 is 1.62 bits per heavy atom. The van der Waals surface area contributed by atoms with Crippen molar-refractivity contribution < 1.29 is 9.53 Å². The number of halogens is 1. The molecule has 0 N–H and O–H groups in total. The zero-order valence-electron chi connectivity index (χ0n) is 8.10. The molecule has 0 aliphatic heterocycles. The van der Waals surface area contributed by atoms with Gasteiger partial charge in [0.15, 0.2) is 0 Å². The van der Waals surface area contributed by atoms with E-state index in [2.05, 4.69) is 5.92 Å². The lowest BCUT2D eigenvalue weighted by molar-refractivity contribution is -0.143. The predicted octanol–water partition coefficient (Wildman–Crippen LogP) is 2.35. The highest BCUT2D eigenvalue weighted by Gasteiger charge is 2.13.